The molecule has 5 heteroatoms. The van der Waals surface area contributed by atoms with Crippen molar-refractivity contribution in [2.75, 3.05) is 32.7 Å². The zero-order valence-electron chi connectivity index (χ0n) is 11.6. The van der Waals surface area contributed by atoms with Crippen LogP contribution in [0.15, 0.2) is 18.3 Å². The minimum absolute atomic E-state index is 0.554. The third-order valence-electron chi connectivity index (χ3n) is 3.27. The average molecular weight is 284 g/mol. The van der Waals surface area contributed by atoms with Crippen molar-refractivity contribution in [3.8, 4) is 0 Å². The summed E-state index contributed by atoms with van der Waals surface area (Å²) in [5, 5.41) is 10.4. The minimum Gasteiger partial charge on any atom is -0.389 e. The molecular weight excluding hydrogens is 262 g/mol. The maximum atomic E-state index is 9.82. The van der Waals surface area contributed by atoms with Crippen LogP contribution in [0.25, 0.3) is 0 Å². The Hall–Kier alpha value is -0.680. The Labute approximate surface area is 120 Å². The van der Waals surface area contributed by atoms with E-state index in [1.54, 1.807) is 6.20 Å². The van der Waals surface area contributed by atoms with Gasteiger partial charge in [0.2, 0.25) is 0 Å². The number of hydrogen-bond donors (Lipinski definition) is 1. The van der Waals surface area contributed by atoms with E-state index in [4.69, 9.17) is 11.6 Å². The van der Waals surface area contributed by atoms with Gasteiger partial charge >= 0.3 is 0 Å². The Balaban J connectivity index is 1.80. The fourth-order valence-electron chi connectivity index (χ4n) is 2.45. The van der Waals surface area contributed by atoms with Crippen molar-refractivity contribution in [2.24, 2.45) is 0 Å². The first-order valence-electron chi connectivity index (χ1n) is 6.70. The molecule has 0 unspecified atom stereocenters. The van der Waals surface area contributed by atoms with Crippen LogP contribution in [0, 0.1) is 0 Å². The number of aliphatic hydroxyl groups is 1. The second kappa shape index (κ2) is 6.18. The molecule has 1 aliphatic heterocycles. The molecule has 1 aromatic heterocycles. The highest BCUT2D eigenvalue weighted by atomic mass is 35.5. The largest absolute Gasteiger partial charge is 0.389 e. The summed E-state index contributed by atoms with van der Waals surface area (Å²) in [7, 11) is 0. The number of halogens is 1. The van der Waals surface area contributed by atoms with Crippen LogP contribution in [0.2, 0.25) is 5.15 Å². The maximum Gasteiger partial charge on any atom is 0.129 e. The van der Waals surface area contributed by atoms with Gasteiger partial charge in [0.05, 0.1) is 5.60 Å². The first-order valence-corrected chi connectivity index (χ1v) is 7.08. The van der Waals surface area contributed by atoms with Crippen LogP contribution in [0.4, 0.5) is 0 Å². The van der Waals surface area contributed by atoms with E-state index in [1.807, 2.05) is 26.0 Å². The van der Waals surface area contributed by atoms with E-state index in [2.05, 4.69) is 14.8 Å². The molecule has 0 amide bonds. The fraction of sp³-hybridized carbons (Fsp3) is 0.643. The Kier molecular flexibility index (Phi) is 4.79. The summed E-state index contributed by atoms with van der Waals surface area (Å²) >= 11 is 5.89. The molecule has 0 radical (unpaired) electrons. The molecule has 106 valence electrons. The highest BCUT2D eigenvalue weighted by Crippen LogP contribution is 2.13. The van der Waals surface area contributed by atoms with Crippen molar-refractivity contribution in [1.82, 2.24) is 14.8 Å². The lowest BCUT2D eigenvalue weighted by Crippen LogP contribution is -2.50. The number of rotatable bonds is 4. The third-order valence-corrected chi connectivity index (χ3v) is 3.48. The first kappa shape index (κ1) is 14.7. The first-order chi connectivity index (χ1) is 8.92. The van der Waals surface area contributed by atoms with Gasteiger partial charge in [-0.2, -0.15) is 0 Å². The summed E-state index contributed by atoms with van der Waals surface area (Å²) in [6.07, 6.45) is 1.75. The van der Waals surface area contributed by atoms with Gasteiger partial charge < -0.3 is 5.11 Å². The van der Waals surface area contributed by atoms with Gasteiger partial charge in [-0.25, -0.2) is 4.98 Å². The predicted molar refractivity (Wildman–Crippen MR) is 77.3 cm³/mol. The maximum absolute atomic E-state index is 9.82. The number of nitrogens with zero attached hydrogens (tertiary/aromatic N) is 3. The smallest absolute Gasteiger partial charge is 0.129 e. The van der Waals surface area contributed by atoms with Crippen molar-refractivity contribution < 1.29 is 5.11 Å². The Bertz CT molecular complexity index is 411. The lowest BCUT2D eigenvalue weighted by Gasteiger charge is -2.37. The van der Waals surface area contributed by atoms with Gasteiger partial charge in [-0.05, 0) is 31.5 Å². The van der Waals surface area contributed by atoms with Crippen molar-refractivity contribution in [3.63, 3.8) is 0 Å². The number of β-amino-alcohol motifs (C(OH)–C–C–N with tert-alkyl or cyclic N) is 1. The zero-order valence-corrected chi connectivity index (χ0v) is 12.4. The Morgan fingerprint density at radius 1 is 1.26 bits per heavy atom. The van der Waals surface area contributed by atoms with E-state index in [0.717, 1.165) is 39.3 Å². The molecular formula is C14H22ClN3O. The molecule has 0 aromatic carbocycles. The molecule has 0 atom stereocenters. The van der Waals surface area contributed by atoms with Gasteiger partial charge in [-0.15, -0.1) is 0 Å². The molecule has 1 aliphatic rings. The summed E-state index contributed by atoms with van der Waals surface area (Å²) in [5.74, 6) is 0. The van der Waals surface area contributed by atoms with E-state index >= 15 is 0 Å². The summed E-state index contributed by atoms with van der Waals surface area (Å²) in [5.41, 5.74) is 0.594. The van der Waals surface area contributed by atoms with Gasteiger partial charge in [0.1, 0.15) is 5.15 Å². The molecule has 2 heterocycles. The summed E-state index contributed by atoms with van der Waals surface area (Å²) < 4.78 is 0. The van der Waals surface area contributed by atoms with E-state index < -0.39 is 5.60 Å². The molecule has 0 aliphatic carbocycles. The van der Waals surface area contributed by atoms with Gasteiger partial charge in [-0.3, -0.25) is 9.80 Å². The molecule has 0 saturated carbocycles. The topological polar surface area (TPSA) is 39.6 Å². The van der Waals surface area contributed by atoms with Gasteiger partial charge in [0.15, 0.2) is 0 Å². The van der Waals surface area contributed by atoms with E-state index in [9.17, 15) is 5.11 Å². The average Bonchev–Trinajstić information content (AvgIpc) is 2.30. The summed E-state index contributed by atoms with van der Waals surface area (Å²) in [4.78, 5) is 8.72. The Morgan fingerprint density at radius 2 is 1.89 bits per heavy atom. The molecule has 2 rings (SSSR count). The number of aromatic nitrogens is 1. The lowest BCUT2D eigenvalue weighted by atomic mass is 10.1. The molecule has 1 saturated heterocycles. The number of pyridine rings is 1. The van der Waals surface area contributed by atoms with Crippen molar-refractivity contribution >= 4 is 11.6 Å². The summed E-state index contributed by atoms with van der Waals surface area (Å²) in [6.45, 7) is 9.43. The molecule has 19 heavy (non-hydrogen) atoms. The van der Waals surface area contributed by atoms with Crippen LogP contribution >= 0.6 is 11.6 Å². The second-order valence-electron chi connectivity index (χ2n) is 5.85. The zero-order chi connectivity index (χ0) is 13.9. The standard InChI is InChI=1S/C14H22ClN3O/c1-14(2,19)11-18-7-5-17(6-8-18)10-12-3-4-16-13(15)9-12/h3-4,9,19H,5-8,10-11H2,1-2H3. The van der Waals surface area contributed by atoms with E-state index in [1.165, 1.54) is 5.56 Å². The molecule has 1 fully saturated rings. The molecule has 1 N–H and O–H groups in total. The van der Waals surface area contributed by atoms with Gasteiger partial charge in [0, 0.05) is 45.5 Å². The highest BCUT2D eigenvalue weighted by molar-refractivity contribution is 6.29. The molecule has 4 nitrogen and oxygen atoms in total. The normalized spacial score (nSPS) is 18.7. The number of hydrogen-bond acceptors (Lipinski definition) is 4. The van der Waals surface area contributed by atoms with Gasteiger partial charge in [0.25, 0.3) is 0 Å². The van der Waals surface area contributed by atoms with Crippen molar-refractivity contribution in [3.05, 3.63) is 29.0 Å². The molecule has 0 bridgehead atoms. The van der Waals surface area contributed by atoms with Crippen molar-refractivity contribution in [2.45, 2.75) is 26.0 Å². The SMILES string of the molecule is CC(C)(O)CN1CCN(Cc2ccnc(Cl)c2)CC1. The minimum atomic E-state index is -0.610. The monoisotopic (exact) mass is 283 g/mol. The van der Waals surface area contributed by atoms with Crippen LogP contribution in [0.1, 0.15) is 19.4 Å². The van der Waals surface area contributed by atoms with E-state index in [0.29, 0.717) is 5.15 Å². The predicted octanol–water partition coefficient (Wildman–Crippen LogP) is 1.62. The van der Waals surface area contributed by atoms with Crippen LogP contribution in [0.3, 0.4) is 0 Å². The molecule has 0 spiro atoms. The Morgan fingerprint density at radius 3 is 2.47 bits per heavy atom. The highest BCUT2D eigenvalue weighted by Gasteiger charge is 2.22. The van der Waals surface area contributed by atoms with Crippen LogP contribution in [-0.2, 0) is 6.54 Å². The quantitative estimate of drug-likeness (QED) is 0.853. The van der Waals surface area contributed by atoms with Gasteiger partial charge in [-0.1, -0.05) is 11.6 Å². The molecule has 1 aromatic rings. The second-order valence-corrected chi connectivity index (χ2v) is 6.24. The van der Waals surface area contributed by atoms with Crippen molar-refractivity contribution in [1.29, 1.82) is 0 Å². The third kappa shape index (κ3) is 5.07. The fourth-order valence-corrected chi connectivity index (χ4v) is 2.65. The van der Waals surface area contributed by atoms with Crippen LogP contribution < -0.4 is 0 Å². The van der Waals surface area contributed by atoms with Crippen LogP contribution in [-0.4, -0.2) is 58.2 Å². The number of piperazine rings is 1. The lowest BCUT2D eigenvalue weighted by molar-refractivity contribution is 0.0167. The summed E-state index contributed by atoms with van der Waals surface area (Å²) in [6, 6.07) is 3.93. The van der Waals surface area contributed by atoms with Crippen LogP contribution in [0.5, 0.6) is 0 Å². The van der Waals surface area contributed by atoms with E-state index in [-0.39, 0.29) is 0 Å².